The molecule has 2 nitrogen and oxygen atoms in total. The van der Waals surface area contributed by atoms with Gasteiger partial charge in [-0.05, 0) is 31.0 Å². The van der Waals surface area contributed by atoms with E-state index in [0.717, 1.165) is 23.7 Å². The first kappa shape index (κ1) is 13.8. The van der Waals surface area contributed by atoms with E-state index in [9.17, 15) is 8.78 Å². The summed E-state index contributed by atoms with van der Waals surface area (Å²) in [6.07, 6.45) is 1.13. The Morgan fingerprint density at radius 3 is 2.37 bits per heavy atom. The summed E-state index contributed by atoms with van der Waals surface area (Å²) in [6, 6.07) is 3.44. The first-order valence-electron chi connectivity index (χ1n) is 6.03. The van der Waals surface area contributed by atoms with Gasteiger partial charge in [-0.1, -0.05) is 19.1 Å². The van der Waals surface area contributed by atoms with Crippen LogP contribution in [0.4, 0.5) is 8.78 Å². The Balaban J connectivity index is 2.36. The van der Waals surface area contributed by atoms with Crippen molar-refractivity contribution in [3.05, 3.63) is 57.1 Å². The van der Waals surface area contributed by atoms with Gasteiger partial charge in [-0.3, -0.25) is 0 Å². The number of halogens is 2. The van der Waals surface area contributed by atoms with Gasteiger partial charge in [0.15, 0.2) is 0 Å². The van der Waals surface area contributed by atoms with E-state index in [1.54, 1.807) is 0 Å². The molecule has 0 aliphatic heterocycles. The van der Waals surface area contributed by atoms with Crippen LogP contribution in [0.25, 0.3) is 0 Å². The number of aromatic nitrogens is 2. The second-order valence-corrected chi connectivity index (χ2v) is 4.79. The SMILES string of the molecule is CCc1c(C)[nH]c(Cc2cc(F)cc(F)c2)nc1=S. The minimum Gasteiger partial charge on any atom is -0.347 e. The monoisotopic (exact) mass is 280 g/mol. The maximum atomic E-state index is 13.1. The molecule has 0 fully saturated rings. The Morgan fingerprint density at radius 1 is 1.21 bits per heavy atom. The van der Waals surface area contributed by atoms with Gasteiger partial charge in [-0.25, -0.2) is 13.8 Å². The van der Waals surface area contributed by atoms with Crippen LogP contribution in [0.1, 0.15) is 29.6 Å². The van der Waals surface area contributed by atoms with Gasteiger partial charge in [-0.2, -0.15) is 0 Å². The summed E-state index contributed by atoms with van der Waals surface area (Å²) < 4.78 is 26.8. The van der Waals surface area contributed by atoms with Crippen LogP contribution in [0, 0.1) is 23.2 Å². The zero-order chi connectivity index (χ0) is 14.0. The summed E-state index contributed by atoms with van der Waals surface area (Å²) >= 11 is 5.21. The molecular weight excluding hydrogens is 266 g/mol. The summed E-state index contributed by atoms with van der Waals surface area (Å²) in [5, 5.41) is 0. The molecule has 1 N–H and O–H groups in total. The molecule has 19 heavy (non-hydrogen) atoms. The van der Waals surface area contributed by atoms with Gasteiger partial charge in [-0.15, -0.1) is 0 Å². The van der Waals surface area contributed by atoms with Crippen molar-refractivity contribution in [3.63, 3.8) is 0 Å². The summed E-state index contributed by atoms with van der Waals surface area (Å²) in [5.41, 5.74) is 2.48. The molecular formula is C14H14F2N2S. The Labute approximate surface area is 115 Å². The summed E-state index contributed by atoms with van der Waals surface area (Å²) in [4.78, 5) is 7.41. The van der Waals surface area contributed by atoms with Crippen molar-refractivity contribution in [2.24, 2.45) is 0 Å². The molecule has 1 aromatic carbocycles. The Morgan fingerprint density at radius 2 is 1.84 bits per heavy atom. The van der Waals surface area contributed by atoms with Crippen LogP contribution in [0.5, 0.6) is 0 Å². The molecule has 0 atom stereocenters. The third-order valence-electron chi connectivity index (χ3n) is 2.93. The van der Waals surface area contributed by atoms with Crippen molar-refractivity contribution in [2.45, 2.75) is 26.7 Å². The molecule has 1 aromatic heterocycles. The first-order valence-corrected chi connectivity index (χ1v) is 6.44. The Kier molecular flexibility index (Phi) is 4.04. The number of nitrogens with zero attached hydrogens (tertiary/aromatic N) is 1. The molecule has 0 saturated carbocycles. The minimum absolute atomic E-state index is 0.323. The number of aromatic amines is 1. The fourth-order valence-corrected chi connectivity index (χ4v) is 2.48. The van der Waals surface area contributed by atoms with E-state index in [1.807, 2.05) is 13.8 Å². The standard InChI is InChI=1S/C14H14F2N2S/c1-3-12-8(2)17-13(18-14(12)19)6-9-4-10(15)7-11(16)5-9/h4-5,7H,3,6H2,1-2H3,(H,17,18,19). The highest BCUT2D eigenvalue weighted by Gasteiger charge is 2.06. The molecule has 1 heterocycles. The van der Waals surface area contributed by atoms with E-state index < -0.39 is 11.6 Å². The topological polar surface area (TPSA) is 28.7 Å². The fraction of sp³-hybridized carbons (Fsp3) is 0.286. The average molecular weight is 280 g/mol. The van der Waals surface area contributed by atoms with E-state index in [0.29, 0.717) is 22.4 Å². The van der Waals surface area contributed by atoms with Crippen molar-refractivity contribution in [2.75, 3.05) is 0 Å². The molecule has 0 saturated heterocycles. The van der Waals surface area contributed by atoms with Gasteiger partial charge < -0.3 is 4.98 Å². The van der Waals surface area contributed by atoms with Crippen LogP contribution >= 0.6 is 12.2 Å². The molecule has 100 valence electrons. The average Bonchev–Trinajstić information content (AvgIpc) is 2.26. The van der Waals surface area contributed by atoms with Crippen molar-refractivity contribution in [1.82, 2.24) is 9.97 Å². The lowest BCUT2D eigenvalue weighted by atomic mass is 10.1. The molecule has 0 amide bonds. The molecule has 2 rings (SSSR count). The predicted molar refractivity (Wildman–Crippen MR) is 72.7 cm³/mol. The van der Waals surface area contributed by atoms with Gasteiger partial charge in [0.2, 0.25) is 0 Å². The highest BCUT2D eigenvalue weighted by Crippen LogP contribution is 2.13. The Bertz CT molecular complexity index is 645. The number of H-pyrrole nitrogens is 1. The lowest BCUT2D eigenvalue weighted by Crippen LogP contribution is -2.03. The van der Waals surface area contributed by atoms with E-state index in [-0.39, 0.29) is 0 Å². The van der Waals surface area contributed by atoms with E-state index >= 15 is 0 Å². The minimum atomic E-state index is -0.588. The number of rotatable bonds is 3. The normalized spacial score (nSPS) is 10.7. The fourth-order valence-electron chi connectivity index (χ4n) is 2.08. The molecule has 0 aliphatic carbocycles. The van der Waals surface area contributed by atoms with E-state index in [4.69, 9.17) is 12.2 Å². The van der Waals surface area contributed by atoms with Crippen molar-refractivity contribution >= 4 is 12.2 Å². The molecule has 0 aliphatic rings. The molecule has 0 bridgehead atoms. The second-order valence-electron chi connectivity index (χ2n) is 4.40. The third kappa shape index (κ3) is 3.23. The van der Waals surface area contributed by atoms with Gasteiger partial charge in [0, 0.05) is 23.7 Å². The first-order chi connectivity index (χ1) is 8.99. The van der Waals surface area contributed by atoms with Crippen LogP contribution < -0.4 is 0 Å². The van der Waals surface area contributed by atoms with Crippen molar-refractivity contribution in [1.29, 1.82) is 0 Å². The summed E-state index contributed by atoms with van der Waals surface area (Å²) in [7, 11) is 0. The van der Waals surface area contributed by atoms with Crippen LogP contribution in [-0.4, -0.2) is 9.97 Å². The van der Waals surface area contributed by atoms with Crippen LogP contribution in [0.3, 0.4) is 0 Å². The summed E-state index contributed by atoms with van der Waals surface area (Å²) in [5.74, 6) is -0.560. The van der Waals surface area contributed by atoms with Crippen LogP contribution in [-0.2, 0) is 12.8 Å². The van der Waals surface area contributed by atoms with Crippen LogP contribution in [0.2, 0.25) is 0 Å². The number of benzene rings is 1. The smallest absolute Gasteiger partial charge is 0.133 e. The number of hydrogen-bond acceptors (Lipinski definition) is 2. The van der Waals surface area contributed by atoms with Crippen LogP contribution in [0.15, 0.2) is 18.2 Å². The lowest BCUT2D eigenvalue weighted by Gasteiger charge is -2.08. The van der Waals surface area contributed by atoms with Gasteiger partial charge >= 0.3 is 0 Å². The van der Waals surface area contributed by atoms with Gasteiger partial charge in [0.25, 0.3) is 0 Å². The van der Waals surface area contributed by atoms with Crippen molar-refractivity contribution in [3.8, 4) is 0 Å². The largest absolute Gasteiger partial charge is 0.347 e. The molecule has 5 heteroatoms. The molecule has 0 spiro atoms. The van der Waals surface area contributed by atoms with Crippen molar-refractivity contribution < 1.29 is 8.78 Å². The Hall–Kier alpha value is -1.62. The third-order valence-corrected chi connectivity index (χ3v) is 3.26. The molecule has 2 aromatic rings. The highest BCUT2D eigenvalue weighted by molar-refractivity contribution is 7.71. The quantitative estimate of drug-likeness (QED) is 0.864. The molecule has 0 unspecified atom stereocenters. The summed E-state index contributed by atoms with van der Waals surface area (Å²) in [6.45, 7) is 3.93. The zero-order valence-corrected chi connectivity index (χ0v) is 11.6. The molecule has 0 radical (unpaired) electrons. The number of aryl methyl sites for hydroxylation is 1. The predicted octanol–water partition coefficient (Wildman–Crippen LogP) is 3.88. The number of nitrogens with one attached hydrogen (secondary N) is 1. The maximum absolute atomic E-state index is 13.1. The van der Waals surface area contributed by atoms with Gasteiger partial charge in [0.05, 0.1) is 0 Å². The van der Waals surface area contributed by atoms with E-state index in [1.165, 1.54) is 12.1 Å². The van der Waals surface area contributed by atoms with Gasteiger partial charge in [0.1, 0.15) is 22.1 Å². The highest BCUT2D eigenvalue weighted by atomic mass is 32.1. The maximum Gasteiger partial charge on any atom is 0.133 e. The van der Waals surface area contributed by atoms with E-state index in [2.05, 4.69) is 9.97 Å². The lowest BCUT2D eigenvalue weighted by molar-refractivity contribution is 0.580. The zero-order valence-electron chi connectivity index (χ0n) is 10.8. The number of hydrogen-bond donors (Lipinski definition) is 1. The second kappa shape index (κ2) is 5.57.